The minimum atomic E-state index is 0. The van der Waals surface area contributed by atoms with E-state index in [0.29, 0.717) is 5.90 Å². The number of methoxy groups -OCH3 is 1. The maximum atomic E-state index is 7.09. The molecule has 0 spiro atoms. The molecule has 0 unspecified atom stereocenters. The van der Waals surface area contributed by atoms with Crippen LogP contribution < -0.4 is 0 Å². The van der Waals surface area contributed by atoms with Crippen LogP contribution in [0.15, 0.2) is 0 Å². The van der Waals surface area contributed by atoms with Crippen LogP contribution in [-0.2, 0) is 4.74 Å². The Morgan fingerprint density at radius 2 is 2.22 bits per heavy atom. The smallest absolute Gasteiger partial charge is 0.180 e. The molecule has 1 saturated carbocycles. The summed E-state index contributed by atoms with van der Waals surface area (Å²) in [6.45, 7) is 0. The van der Waals surface area contributed by atoms with Crippen molar-refractivity contribution in [2.24, 2.45) is 5.92 Å². The molecule has 0 aromatic carbocycles. The fraction of sp³-hybridized carbons (Fsp3) is 0.833. The summed E-state index contributed by atoms with van der Waals surface area (Å²) in [7, 11) is 1.56. The monoisotopic (exact) mass is 149 g/mol. The summed E-state index contributed by atoms with van der Waals surface area (Å²) in [6.07, 6.45) is 3.45. The van der Waals surface area contributed by atoms with Gasteiger partial charge in [-0.05, 0) is 18.8 Å². The molecule has 0 saturated heterocycles. The lowest BCUT2D eigenvalue weighted by Gasteiger charge is -1.96. The number of rotatable bonds is 2. The summed E-state index contributed by atoms with van der Waals surface area (Å²) in [4.78, 5) is 0. The highest BCUT2D eigenvalue weighted by molar-refractivity contribution is 5.85. The largest absolute Gasteiger partial charge is 0.484 e. The van der Waals surface area contributed by atoms with Gasteiger partial charge in [0.05, 0.1) is 7.11 Å². The molecule has 0 aromatic rings. The Bertz CT molecular complexity index is 101. The minimum absolute atomic E-state index is 0. The maximum absolute atomic E-state index is 7.09. The number of ether oxygens (including phenoxy) is 1. The van der Waals surface area contributed by atoms with Crippen molar-refractivity contribution in [3.05, 3.63) is 0 Å². The van der Waals surface area contributed by atoms with Gasteiger partial charge in [0.2, 0.25) is 0 Å². The van der Waals surface area contributed by atoms with Crippen molar-refractivity contribution in [2.75, 3.05) is 7.11 Å². The van der Waals surface area contributed by atoms with Crippen LogP contribution in [0, 0.1) is 11.3 Å². The second kappa shape index (κ2) is 3.72. The highest BCUT2D eigenvalue weighted by Crippen LogP contribution is 2.32. The van der Waals surface area contributed by atoms with Crippen LogP contribution in [0.5, 0.6) is 0 Å². The molecule has 54 valence electrons. The fourth-order valence-corrected chi connectivity index (χ4v) is 0.667. The van der Waals surface area contributed by atoms with E-state index in [9.17, 15) is 0 Å². The van der Waals surface area contributed by atoms with Gasteiger partial charge in [-0.1, -0.05) is 0 Å². The molecule has 2 nitrogen and oxygen atoms in total. The van der Waals surface area contributed by atoms with E-state index >= 15 is 0 Å². The lowest BCUT2D eigenvalue weighted by atomic mass is 10.3. The molecule has 0 amide bonds. The molecule has 3 heteroatoms. The Morgan fingerprint density at radius 1 is 1.67 bits per heavy atom. The summed E-state index contributed by atoms with van der Waals surface area (Å²) < 4.78 is 4.68. The first kappa shape index (κ1) is 8.76. The molecule has 9 heavy (non-hydrogen) atoms. The zero-order valence-corrected chi connectivity index (χ0v) is 6.33. The summed E-state index contributed by atoms with van der Waals surface area (Å²) in [6, 6.07) is 0. The molecule has 1 N–H and O–H groups in total. The first-order valence-electron chi connectivity index (χ1n) is 2.94. The van der Waals surface area contributed by atoms with E-state index in [1.54, 1.807) is 7.11 Å². The Morgan fingerprint density at radius 3 is 2.56 bits per heavy atom. The van der Waals surface area contributed by atoms with Gasteiger partial charge >= 0.3 is 0 Å². The van der Waals surface area contributed by atoms with Crippen LogP contribution in [0.3, 0.4) is 0 Å². The predicted molar refractivity (Wildman–Crippen MR) is 39.3 cm³/mol. The number of nitrogens with one attached hydrogen (secondary N) is 1. The van der Waals surface area contributed by atoms with E-state index in [4.69, 9.17) is 5.41 Å². The molecule has 1 fully saturated rings. The third-order valence-electron chi connectivity index (χ3n) is 1.42. The molecule has 0 aliphatic heterocycles. The van der Waals surface area contributed by atoms with Gasteiger partial charge in [-0.25, -0.2) is 0 Å². The third kappa shape index (κ3) is 3.36. The molecule has 0 aromatic heterocycles. The highest BCUT2D eigenvalue weighted by Gasteiger charge is 2.22. The third-order valence-corrected chi connectivity index (χ3v) is 1.42. The molecular weight excluding hydrogens is 138 g/mol. The molecule has 1 aliphatic carbocycles. The van der Waals surface area contributed by atoms with Gasteiger partial charge in [0.15, 0.2) is 5.90 Å². The second-order valence-electron chi connectivity index (χ2n) is 2.27. The molecule has 0 atom stereocenters. The maximum Gasteiger partial charge on any atom is 0.180 e. The number of hydrogen-bond donors (Lipinski definition) is 1. The van der Waals surface area contributed by atoms with Crippen molar-refractivity contribution >= 4 is 18.3 Å². The highest BCUT2D eigenvalue weighted by atomic mass is 35.5. The van der Waals surface area contributed by atoms with Crippen LogP contribution in [0.25, 0.3) is 0 Å². The predicted octanol–water partition coefficient (Wildman–Crippen LogP) is 1.83. The first-order valence-corrected chi connectivity index (χ1v) is 2.94. The lowest BCUT2D eigenvalue weighted by Crippen LogP contribution is -1.98. The van der Waals surface area contributed by atoms with Crippen LogP contribution in [-0.4, -0.2) is 13.0 Å². The van der Waals surface area contributed by atoms with Gasteiger partial charge in [0.25, 0.3) is 0 Å². The summed E-state index contributed by atoms with van der Waals surface area (Å²) in [5.41, 5.74) is 0. The molecule has 1 aliphatic rings. The van der Waals surface area contributed by atoms with Crippen LogP contribution in [0.4, 0.5) is 0 Å². The zero-order chi connectivity index (χ0) is 5.98. The van der Waals surface area contributed by atoms with E-state index in [1.165, 1.54) is 12.8 Å². The average molecular weight is 150 g/mol. The average Bonchev–Trinajstić information content (AvgIpc) is 2.50. The fourth-order valence-electron chi connectivity index (χ4n) is 0.667. The van der Waals surface area contributed by atoms with E-state index in [2.05, 4.69) is 4.74 Å². The van der Waals surface area contributed by atoms with E-state index in [0.717, 1.165) is 12.3 Å². The number of halogens is 1. The van der Waals surface area contributed by atoms with Crippen molar-refractivity contribution < 1.29 is 4.74 Å². The van der Waals surface area contributed by atoms with Gasteiger partial charge < -0.3 is 4.74 Å². The van der Waals surface area contributed by atoms with Gasteiger partial charge in [-0.15, -0.1) is 12.4 Å². The second-order valence-corrected chi connectivity index (χ2v) is 2.27. The molecule has 1 rings (SSSR count). The van der Waals surface area contributed by atoms with Crippen molar-refractivity contribution in [1.82, 2.24) is 0 Å². The zero-order valence-electron chi connectivity index (χ0n) is 5.52. The van der Waals surface area contributed by atoms with Crippen molar-refractivity contribution in [1.29, 1.82) is 5.41 Å². The SMILES string of the molecule is COC(=N)CC1CC1.Cl. The van der Waals surface area contributed by atoms with Gasteiger partial charge in [-0.2, -0.15) is 0 Å². The lowest BCUT2D eigenvalue weighted by molar-refractivity contribution is 0.382. The van der Waals surface area contributed by atoms with Crippen molar-refractivity contribution in [3.63, 3.8) is 0 Å². The summed E-state index contributed by atoms with van der Waals surface area (Å²) in [5.74, 6) is 1.22. The Labute approximate surface area is 61.5 Å². The summed E-state index contributed by atoms with van der Waals surface area (Å²) in [5, 5.41) is 7.09. The van der Waals surface area contributed by atoms with Gasteiger partial charge in [0.1, 0.15) is 0 Å². The Kier molecular flexibility index (Phi) is 3.62. The van der Waals surface area contributed by atoms with Crippen LogP contribution in [0.1, 0.15) is 19.3 Å². The van der Waals surface area contributed by atoms with E-state index in [1.807, 2.05) is 0 Å². The summed E-state index contributed by atoms with van der Waals surface area (Å²) >= 11 is 0. The van der Waals surface area contributed by atoms with Crippen LogP contribution >= 0.6 is 12.4 Å². The first-order chi connectivity index (χ1) is 3.83. The molecular formula is C6H12ClNO. The van der Waals surface area contributed by atoms with Crippen LogP contribution in [0.2, 0.25) is 0 Å². The van der Waals surface area contributed by atoms with Gasteiger partial charge in [-0.3, -0.25) is 5.41 Å². The Hall–Kier alpha value is -0.240. The van der Waals surface area contributed by atoms with Gasteiger partial charge in [0, 0.05) is 6.42 Å². The van der Waals surface area contributed by atoms with E-state index < -0.39 is 0 Å². The normalized spacial score (nSPS) is 16.1. The molecule has 0 heterocycles. The topological polar surface area (TPSA) is 33.1 Å². The Balaban J connectivity index is 0.000000640. The van der Waals surface area contributed by atoms with Crippen molar-refractivity contribution in [2.45, 2.75) is 19.3 Å². The molecule has 0 bridgehead atoms. The van der Waals surface area contributed by atoms with Crippen molar-refractivity contribution in [3.8, 4) is 0 Å². The van der Waals surface area contributed by atoms with E-state index in [-0.39, 0.29) is 12.4 Å². The quantitative estimate of drug-likeness (QED) is 0.472. The standard InChI is InChI=1S/C6H11NO.ClH/c1-8-6(7)4-5-2-3-5;/h5,7H,2-4H2,1H3;1H. The molecule has 0 radical (unpaired) electrons. The number of hydrogen-bond acceptors (Lipinski definition) is 2. The minimum Gasteiger partial charge on any atom is -0.484 e.